The van der Waals surface area contributed by atoms with Crippen molar-refractivity contribution in [3.63, 3.8) is 0 Å². The zero-order valence-corrected chi connectivity index (χ0v) is 22.3. The number of rotatable bonds is 8. The van der Waals surface area contributed by atoms with E-state index in [-0.39, 0.29) is 29.3 Å². The molecule has 34 heavy (non-hydrogen) atoms. The molecule has 6 nitrogen and oxygen atoms in total. The predicted octanol–water partition coefficient (Wildman–Crippen LogP) is 5.82. The lowest BCUT2D eigenvalue weighted by molar-refractivity contribution is 0.0207. The quantitative estimate of drug-likeness (QED) is 0.315. The maximum Gasteiger partial charge on any atom is 0.469 e. The normalized spacial score (nSPS) is 36.2. The summed E-state index contributed by atoms with van der Waals surface area (Å²) in [6.07, 6.45) is 11.8. The first-order valence-corrected chi connectivity index (χ1v) is 14.4. The molecular formula is C27H45O6P. The molecule has 0 aromatic carbocycles. The van der Waals surface area contributed by atoms with Crippen LogP contribution in [0.2, 0.25) is 0 Å². The molecule has 3 fully saturated rings. The molecule has 0 amide bonds. The van der Waals surface area contributed by atoms with E-state index in [0.717, 1.165) is 56.1 Å². The van der Waals surface area contributed by atoms with Crippen molar-refractivity contribution in [1.82, 2.24) is 0 Å². The Hall–Kier alpha value is -0.750. The number of aliphatic hydroxyl groups is 2. The second kappa shape index (κ2) is 10.7. The molecule has 6 atom stereocenters. The van der Waals surface area contributed by atoms with E-state index in [2.05, 4.69) is 32.6 Å². The maximum absolute atomic E-state index is 11.9. The van der Waals surface area contributed by atoms with Crippen LogP contribution in [0.4, 0.5) is 0 Å². The maximum atomic E-state index is 11.9. The van der Waals surface area contributed by atoms with Gasteiger partial charge in [-0.3, -0.25) is 4.52 Å². The van der Waals surface area contributed by atoms with Crippen LogP contribution in [0, 0.1) is 23.2 Å². The molecular weight excluding hydrogens is 451 g/mol. The summed E-state index contributed by atoms with van der Waals surface area (Å²) in [6.45, 7) is 12.3. The van der Waals surface area contributed by atoms with Gasteiger partial charge in [-0.1, -0.05) is 56.6 Å². The molecule has 0 saturated heterocycles. The topological polar surface area (TPSA) is 107 Å². The number of aliphatic hydroxyl groups excluding tert-OH is 1. The second-order valence-electron chi connectivity index (χ2n) is 11.9. The van der Waals surface area contributed by atoms with E-state index in [9.17, 15) is 24.6 Å². The SMILES string of the molecule is C=C1CC[C@H](O)C/C1=C\C=C1/CCC[C@@]2(C)[C@@H]([C@H](C)CCCC(C)(C)O)C(OP(=O)(O)O)C[C@@H]12. The van der Waals surface area contributed by atoms with Crippen molar-refractivity contribution in [2.45, 2.75) is 110 Å². The van der Waals surface area contributed by atoms with Gasteiger partial charge in [0.2, 0.25) is 0 Å². The first kappa shape index (κ1) is 27.8. The van der Waals surface area contributed by atoms with Gasteiger partial charge in [0.15, 0.2) is 0 Å². The number of hydrogen-bond donors (Lipinski definition) is 4. The van der Waals surface area contributed by atoms with Crippen molar-refractivity contribution in [3.8, 4) is 0 Å². The Kier molecular flexibility index (Phi) is 8.76. The van der Waals surface area contributed by atoms with Crippen molar-refractivity contribution in [2.24, 2.45) is 23.2 Å². The van der Waals surface area contributed by atoms with Crippen LogP contribution in [-0.4, -0.2) is 37.8 Å². The summed E-state index contributed by atoms with van der Waals surface area (Å²) in [4.78, 5) is 19.3. The number of allylic oxidation sites excluding steroid dienone is 4. The Balaban J connectivity index is 1.86. The molecule has 0 spiro atoms. The molecule has 0 radical (unpaired) electrons. The Bertz CT molecular complexity index is 850. The van der Waals surface area contributed by atoms with E-state index in [1.54, 1.807) is 0 Å². The Morgan fingerprint density at radius 2 is 2.00 bits per heavy atom. The fraction of sp³-hybridized carbons (Fsp3) is 0.778. The highest BCUT2D eigenvalue weighted by Gasteiger charge is 2.57. The lowest BCUT2D eigenvalue weighted by Crippen LogP contribution is -2.39. The molecule has 0 aromatic rings. The van der Waals surface area contributed by atoms with E-state index < -0.39 is 19.5 Å². The van der Waals surface area contributed by atoms with Gasteiger partial charge in [0.05, 0.1) is 17.8 Å². The molecule has 3 rings (SSSR count). The van der Waals surface area contributed by atoms with Crippen LogP contribution in [0.15, 0.2) is 35.5 Å². The largest absolute Gasteiger partial charge is 0.469 e. The molecule has 0 bridgehead atoms. The molecule has 0 aliphatic heterocycles. The molecule has 4 N–H and O–H groups in total. The van der Waals surface area contributed by atoms with E-state index in [0.29, 0.717) is 19.3 Å². The van der Waals surface area contributed by atoms with Crippen molar-refractivity contribution in [1.29, 1.82) is 0 Å². The summed E-state index contributed by atoms with van der Waals surface area (Å²) < 4.78 is 17.3. The zero-order valence-electron chi connectivity index (χ0n) is 21.4. The minimum absolute atomic E-state index is 0.0368. The number of phosphoric acid groups is 1. The van der Waals surface area contributed by atoms with E-state index >= 15 is 0 Å². The average molecular weight is 497 g/mol. The molecule has 7 heteroatoms. The van der Waals surface area contributed by atoms with Crippen molar-refractivity contribution >= 4 is 7.82 Å². The third-order valence-electron chi connectivity index (χ3n) is 8.58. The van der Waals surface area contributed by atoms with Gasteiger partial charge >= 0.3 is 7.82 Å². The number of phosphoric ester groups is 1. The van der Waals surface area contributed by atoms with Crippen molar-refractivity contribution < 1.29 is 29.1 Å². The molecule has 3 saturated carbocycles. The summed E-state index contributed by atoms with van der Waals surface area (Å²) >= 11 is 0. The van der Waals surface area contributed by atoms with Gasteiger partial charge in [-0.25, -0.2) is 4.57 Å². The minimum atomic E-state index is -4.61. The first-order chi connectivity index (χ1) is 15.7. The van der Waals surface area contributed by atoms with Crippen LogP contribution in [0.5, 0.6) is 0 Å². The van der Waals surface area contributed by atoms with Crippen molar-refractivity contribution in [3.05, 3.63) is 35.5 Å². The molecule has 3 aliphatic rings. The lowest BCUT2D eigenvalue weighted by Gasteiger charge is -2.45. The van der Waals surface area contributed by atoms with Gasteiger partial charge in [-0.15, -0.1) is 0 Å². The number of hydrogen-bond acceptors (Lipinski definition) is 4. The standard InChI is InChI=1S/C27H45O6P/c1-18-10-13-22(28)16-21(18)12-11-20-9-7-15-27(5)23(20)17-24(33-34(30,31)32)25(27)19(2)8-6-14-26(3,4)29/h11-12,19,22-25,28-29H,1,6-10,13-17H2,2-5H3,(H2,30,31,32)/b20-11+,21-12+/t19-,22+,23+,24?,25+,27-/m1/s1. The summed E-state index contributed by atoms with van der Waals surface area (Å²) in [7, 11) is -4.61. The van der Waals surface area contributed by atoms with Gasteiger partial charge in [0.1, 0.15) is 0 Å². The first-order valence-electron chi connectivity index (χ1n) is 12.9. The molecule has 194 valence electrons. The average Bonchev–Trinajstić information content (AvgIpc) is 2.98. The summed E-state index contributed by atoms with van der Waals surface area (Å²) in [5.41, 5.74) is 2.71. The zero-order chi connectivity index (χ0) is 25.3. The smallest absolute Gasteiger partial charge is 0.393 e. The van der Waals surface area contributed by atoms with Gasteiger partial charge < -0.3 is 20.0 Å². The lowest BCUT2D eigenvalue weighted by atomic mass is 9.60. The Morgan fingerprint density at radius 1 is 1.29 bits per heavy atom. The minimum Gasteiger partial charge on any atom is -0.393 e. The second-order valence-corrected chi connectivity index (χ2v) is 13.1. The van der Waals surface area contributed by atoms with Crippen molar-refractivity contribution in [2.75, 3.05) is 0 Å². The highest BCUT2D eigenvalue weighted by atomic mass is 31.2. The van der Waals surface area contributed by atoms with Crippen LogP contribution < -0.4 is 0 Å². The van der Waals surface area contributed by atoms with Gasteiger partial charge in [-0.2, -0.15) is 0 Å². The van der Waals surface area contributed by atoms with Crippen LogP contribution in [0.1, 0.15) is 91.9 Å². The summed E-state index contributed by atoms with van der Waals surface area (Å²) in [5.74, 6) is 0.466. The van der Waals surface area contributed by atoms with E-state index in [4.69, 9.17) is 4.52 Å². The van der Waals surface area contributed by atoms with Gasteiger partial charge in [0.25, 0.3) is 0 Å². The molecule has 1 unspecified atom stereocenters. The summed E-state index contributed by atoms with van der Waals surface area (Å²) in [5, 5.41) is 20.2. The van der Waals surface area contributed by atoms with Crippen LogP contribution in [-0.2, 0) is 9.09 Å². The Labute approximate surface area is 205 Å². The fourth-order valence-electron chi connectivity index (χ4n) is 7.00. The molecule has 3 aliphatic carbocycles. The fourth-order valence-corrected chi connectivity index (χ4v) is 7.57. The third-order valence-corrected chi connectivity index (χ3v) is 9.12. The van der Waals surface area contributed by atoms with Crippen LogP contribution >= 0.6 is 7.82 Å². The molecule has 0 aromatic heterocycles. The highest BCUT2D eigenvalue weighted by molar-refractivity contribution is 7.46. The molecule has 0 heterocycles. The number of fused-ring (bicyclic) bond motifs is 1. The Morgan fingerprint density at radius 3 is 2.65 bits per heavy atom. The van der Waals surface area contributed by atoms with E-state index in [1.807, 2.05) is 13.8 Å². The van der Waals surface area contributed by atoms with Gasteiger partial charge in [-0.05, 0) is 94.0 Å². The third kappa shape index (κ3) is 6.93. The van der Waals surface area contributed by atoms with Crippen LogP contribution in [0.25, 0.3) is 0 Å². The van der Waals surface area contributed by atoms with E-state index in [1.165, 1.54) is 5.57 Å². The predicted molar refractivity (Wildman–Crippen MR) is 135 cm³/mol. The highest BCUT2D eigenvalue weighted by Crippen LogP contribution is 2.62. The summed E-state index contributed by atoms with van der Waals surface area (Å²) in [6, 6.07) is 0. The monoisotopic (exact) mass is 496 g/mol. The van der Waals surface area contributed by atoms with Crippen LogP contribution in [0.3, 0.4) is 0 Å². The van der Waals surface area contributed by atoms with Gasteiger partial charge in [0, 0.05) is 0 Å².